The van der Waals surface area contributed by atoms with Gasteiger partial charge in [-0.3, -0.25) is 4.57 Å². The van der Waals surface area contributed by atoms with Gasteiger partial charge in [-0.2, -0.15) is 15.2 Å². The van der Waals surface area contributed by atoms with E-state index in [4.69, 9.17) is 15.0 Å². The second-order valence-corrected chi connectivity index (χ2v) is 14.2. The average Bonchev–Trinajstić information content (AvgIpc) is 3.78. The lowest BCUT2D eigenvalue weighted by atomic mass is 9.80. The summed E-state index contributed by atoms with van der Waals surface area (Å²) in [5.74, 6) is 1.71. The van der Waals surface area contributed by atoms with Crippen molar-refractivity contribution < 1.29 is 0 Å². The molecule has 0 amide bonds. The minimum atomic E-state index is -0.193. The van der Waals surface area contributed by atoms with Crippen LogP contribution in [0.3, 0.4) is 0 Å². The zero-order valence-corrected chi connectivity index (χ0v) is 27.6. The number of aromatic nitrogens is 4. The molecule has 5 nitrogen and oxygen atoms in total. The highest BCUT2D eigenvalue weighted by molar-refractivity contribution is 7.26. The van der Waals surface area contributed by atoms with E-state index in [9.17, 15) is 5.26 Å². The number of hydrogen-bond donors (Lipinski definition) is 0. The highest BCUT2D eigenvalue weighted by Crippen LogP contribution is 2.58. The van der Waals surface area contributed by atoms with Crippen LogP contribution in [0.2, 0.25) is 0 Å². The molecule has 1 aliphatic carbocycles. The van der Waals surface area contributed by atoms with Gasteiger partial charge >= 0.3 is 0 Å². The summed E-state index contributed by atoms with van der Waals surface area (Å²) < 4.78 is 4.75. The lowest BCUT2D eigenvalue weighted by Crippen LogP contribution is -2.15. The molecule has 230 valence electrons. The van der Waals surface area contributed by atoms with Gasteiger partial charge in [0, 0.05) is 42.8 Å². The van der Waals surface area contributed by atoms with Gasteiger partial charge in [0.15, 0.2) is 11.6 Å². The molecule has 0 radical (unpaired) electrons. The molecule has 0 fully saturated rings. The summed E-state index contributed by atoms with van der Waals surface area (Å²) in [6.07, 6.45) is 0. The Kier molecular flexibility index (Phi) is 5.79. The zero-order valence-electron chi connectivity index (χ0n) is 26.8. The Balaban J connectivity index is 1.41. The minimum Gasteiger partial charge on any atom is -0.276 e. The van der Waals surface area contributed by atoms with E-state index in [0.29, 0.717) is 23.2 Å². The lowest BCUT2D eigenvalue weighted by molar-refractivity contribution is 0.667. The monoisotopic (exact) mass is 645 g/mol. The first-order valence-corrected chi connectivity index (χ1v) is 17.2. The van der Waals surface area contributed by atoms with E-state index >= 15 is 0 Å². The Morgan fingerprint density at radius 3 is 2.08 bits per heavy atom. The van der Waals surface area contributed by atoms with Gasteiger partial charge in [-0.25, -0.2) is 4.98 Å². The Morgan fingerprint density at radius 2 is 1.31 bits per heavy atom. The van der Waals surface area contributed by atoms with Crippen LogP contribution in [0.25, 0.3) is 81.8 Å². The van der Waals surface area contributed by atoms with E-state index in [-0.39, 0.29) is 5.41 Å². The standard InChI is InChI=1S/C43H27N5S/c1-43(2)31-17-9-6-14-28(31)34-35-29-15-7-10-18-32(29)48(38(35)39-36(37(34)43)30-16-8-11-19-33(30)49-39)42-46-40(26-12-4-3-5-13-26)45-41(47-42)27-22-20-25(24-44)21-23-27/h3-23H,1-2H3. The van der Waals surface area contributed by atoms with E-state index in [1.165, 1.54) is 53.2 Å². The van der Waals surface area contributed by atoms with Gasteiger partial charge < -0.3 is 0 Å². The molecule has 9 aromatic rings. The fraction of sp³-hybridized carbons (Fsp3) is 0.0698. The number of thiophene rings is 1. The third kappa shape index (κ3) is 3.88. The Bertz CT molecular complexity index is 2850. The third-order valence-corrected chi connectivity index (χ3v) is 11.2. The minimum absolute atomic E-state index is 0.193. The van der Waals surface area contributed by atoms with Crippen LogP contribution in [0.15, 0.2) is 127 Å². The van der Waals surface area contributed by atoms with Gasteiger partial charge in [0.2, 0.25) is 5.95 Å². The first-order valence-electron chi connectivity index (χ1n) is 16.4. The molecular formula is C43H27N5S. The van der Waals surface area contributed by atoms with E-state index in [0.717, 1.165) is 22.2 Å². The summed E-state index contributed by atoms with van der Waals surface area (Å²) in [5, 5.41) is 14.4. The Labute approximate surface area is 286 Å². The highest BCUT2D eigenvalue weighted by atomic mass is 32.1. The Morgan fingerprint density at radius 1 is 0.653 bits per heavy atom. The number of nitrogens with zero attached hydrogens (tertiary/aromatic N) is 5. The molecule has 0 aliphatic heterocycles. The second-order valence-electron chi connectivity index (χ2n) is 13.1. The maximum atomic E-state index is 9.47. The van der Waals surface area contributed by atoms with Gasteiger partial charge in [0.25, 0.3) is 0 Å². The van der Waals surface area contributed by atoms with Crippen LogP contribution in [0.1, 0.15) is 30.5 Å². The third-order valence-electron chi connectivity index (χ3n) is 10.1. The largest absolute Gasteiger partial charge is 0.276 e. The molecule has 1 aliphatic rings. The first kappa shape index (κ1) is 27.9. The first-order chi connectivity index (χ1) is 24.0. The average molecular weight is 646 g/mol. The van der Waals surface area contributed by atoms with Crippen molar-refractivity contribution >= 4 is 53.3 Å². The van der Waals surface area contributed by atoms with E-state index in [1.807, 2.05) is 65.9 Å². The summed E-state index contributed by atoms with van der Waals surface area (Å²) in [4.78, 5) is 15.4. The lowest BCUT2D eigenvalue weighted by Gasteiger charge is -2.23. The van der Waals surface area contributed by atoms with Crippen molar-refractivity contribution in [2.75, 3.05) is 0 Å². The van der Waals surface area contributed by atoms with Crippen molar-refractivity contribution in [1.82, 2.24) is 19.5 Å². The summed E-state index contributed by atoms with van der Waals surface area (Å²) in [7, 11) is 0. The van der Waals surface area contributed by atoms with Crippen molar-refractivity contribution in [3.05, 3.63) is 144 Å². The molecule has 0 unspecified atom stereocenters. The van der Waals surface area contributed by atoms with Crippen molar-refractivity contribution in [1.29, 1.82) is 5.26 Å². The summed E-state index contributed by atoms with van der Waals surface area (Å²) in [5.41, 5.74) is 9.60. The van der Waals surface area contributed by atoms with Crippen LogP contribution in [-0.2, 0) is 5.41 Å². The van der Waals surface area contributed by atoms with Gasteiger partial charge in [0.05, 0.1) is 27.4 Å². The van der Waals surface area contributed by atoms with Crippen LogP contribution in [0.5, 0.6) is 0 Å². The van der Waals surface area contributed by atoms with E-state index in [1.54, 1.807) is 0 Å². The highest BCUT2D eigenvalue weighted by Gasteiger charge is 2.40. The number of fused-ring (bicyclic) bond motifs is 12. The smallest absolute Gasteiger partial charge is 0.238 e. The van der Waals surface area contributed by atoms with Crippen LogP contribution in [-0.4, -0.2) is 19.5 Å². The van der Waals surface area contributed by atoms with E-state index in [2.05, 4.69) is 97.3 Å². The van der Waals surface area contributed by atoms with Crippen LogP contribution in [0.4, 0.5) is 0 Å². The quantitative estimate of drug-likeness (QED) is 0.192. The van der Waals surface area contributed by atoms with Gasteiger partial charge in [-0.05, 0) is 58.7 Å². The molecule has 49 heavy (non-hydrogen) atoms. The van der Waals surface area contributed by atoms with E-state index < -0.39 is 0 Å². The van der Waals surface area contributed by atoms with Crippen LogP contribution < -0.4 is 0 Å². The van der Waals surface area contributed by atoms with Crippen LogP contribution in [0, 0.1) is 11.3 Å². The van der Waals surface area contributed by atoms with Gasteiger partial charge in [-0.15, -0.1) is 11.3 Å². The molecule has 0 saturated carbocycles. The summed E-state index contributed by atoms with van der Waals surface area (Å²) >= 11 is 1.84. The van der Waals surface area contributed by atoms with Gasteiger partial charge in [0.1, 0.15) is 0 Å². The molecule has 3 aromatic heterocycles. The molecule has 6 aromatic carbocycles. The molecule has 0 N–H and O–H groups in total. The zero-order chi connectivity index (χ0) is 32.9. The molecule has 0 spiro atoms. The number of nitriles is 1. The fourth-order valence-electron chi connectivity index (χ4n) is 7.91. The topological polar surface area (TPSA) is 67.4 Å². The predicted octanol–water partition coefficient (Wildman–Crippen LogP) is 10.8. The van der Waals surface area contributed by atoms with Gasteiger partial charge in [-0.1, -0.05) is 105 Å². The summed E-state index contributed by atoms with van der Waals surface area (Å²) in [6.45, 7) is 4.74. The number of para-hydroxylation sites is 1. The second kappa shape index (κ2) is 10.2. The van der Waals surface area contributed by atoms with Crippen molar-refractivity contribution in [2.24, 2.45) is 0 Å². The molecule has 0 atom stereocenters. The molecule has 0 saturated heterocycles. The maximum absolute atomic E-state index is 9.47. The molecule has 6 heteroatoms. The normalized spacial score (nSPS) is 13.2. The Hall–Kier alpha value is -6.16. The predicted molar refractivity (Wildman–Crippen MR) is 200 cm³/mol. The number of rotatable bonds is 3. The molecular weight excluding hydrogens is 619 g/mol. The van der Waals surface area contributed by atoms with Crippen LogP contribution >= 0.6 is 11.3 Å². The summed E-state index contributed by atoms with van der Waals surface area (Å²) in [6, 6.07) is 46.1. The molecule has 3 heterocycles. The van der Waals surface area contributed by atoms with Crippen molar-refractivity contribution in [3.8, 4) is 45.9 Å². The van der Waals surface area contributed by atoms with Crippen molar-refractivity contribution in [2.45, 2.75) is 19.3 Å². The molecule has 0 bridgehead atoms. The SMILES string of the molecule is CC1(C)c2ccccc2-c2c1c1c3ccccc3sc1c1c2c2ccccc2n1-c1nc(-c2ccccc2)nc(-c2ccc(C#N)cc2)n1. The van der Waals surface area contributed by atoms with Crippen molar-refractivity contribution in [3.63, 3.8) is 0 Å². The maximum Gasteiger partial charge on any atom is 0.238 e. The number of hydrogen-bond acceptors (Lipinski definition) is 5. The molecule has 10 rings (SSSR count). The fourth-order valence-corrected chi connectivity index (χ4v) is 9.16. The number of benzene rings is 6.